The van der Waals surface area contributed by atoms with Crippen LogP contribution in [0.1, 0.15) is 34.1 Å². The number of nitrogens with one attached hydrogen (secondary N) is 1. The molecule has 1 aromatic rings. The minimum Gasteiger partial charge on any atom is -0.338 e. The predicted octanol–water partition coefficient (Wildman–Crippen LogP) is 0.546. The minimum atomic E-state index is -0.434. The maximum Gasteiger partial charge on any atom is 0.317 e. The number of amides is 5. The van der Waals surface area contributed by atoms with Crippen LogP contribution in [0.5, 0.6) is 0 Å². The molecule has 138 valence electrons. The molecule has 26 heavy (non-hydrogen) atoms. The van der Waals surface area contributed by atoms with Gasteiger partial charge in [-0.3, -0.25) is 19.3 Å². The highest BCUT2D eigenvalue weighted by molar-refractivity contribution is 6.22. The molecule has 8 nitrogen and oxygen atoms in total. The average molecular weight is 358 g/mol. The van der Waals surface area contributed by atoms with E-state index in [0.717, 1.165) is 11.3 Å². The van der Waals surface area contributed by atoms with E-state index in [0.29, 0.717) is 43.9 Å². The van der Waals surface area contributed by atoms with Crippen molar-refractivity contribution in [3.63, 3.8) is 0 Å². The summed E-state index contributed by atoms with van der Waals surface area (Å²) in [5, 5.41) is 2.81. The molecular formula is C18H22N4O4. The maximum atomic E-state index is 12.5. The van der Waals surface area contributed by atoms with Gasteiger partial charge >= 0.3 is 6.03 Å². The van der Waals surface area contributed by atoms with Crippen LogP contribution in [0.25, 0.3) is 0 Å². The third-order valence-electron chi connectivity index (χ3n) is 4.62. The van der Waals surface area contributed by atoms with Crippen molar-refractivity contribution in [2.45, 2.75) is 13.3 Å². The largest absolute Gasteiger partial charge is 0.338 e. The first-order valence-electron chi connectivity index (χ1n) is 8.78. The number of piperazine rings is 1. The van der Waals surface area contributed by atoms with Crippen LogP contribution in [0.3, 0.4) is 0 Å². The second-order valence-electron chi connectivity index (χ2n) is 6.34. The number of carbonyl (C=O) groups excluding carboxylic acids is 4. The highest BCUT2D eigenvalue weighted by Crippen LogP contribution is 2.22. The van der Waals surface area contributed by atoms with Crippen molar-refractivity contribution in [3.8, 4) is 0 Å². The fourth-order valence-corrected chi connectivity index (χ4v) is 3.12. The van der Waals surface area contributed by atoms with E-state index < -0.39 is 11.8 Å². The molecule has 2 heterocycles. The van der Waals surface area contributed by atoms with Gasteiger partial charge in [0.15, 0.2) is 0 Å². The number of hydrogen-bond acceptors (Lipinski definition) is 4. The molecule has 5 amide bonds. The van der Waals surface area contributed by atoms with Crippen LogP contribution in [0, 0.1) is 0 Å². The monoisotopic (exact) mass is 358 g/mol. The SMILES string of the molecule is CCCNC(=O)N1CCN(C(=O)CN2C(=O)c3ccccc3C2=O)CC1. The van der Waals surface area contributed by atoms with E-state index in [9.17, 15) is 19.2 Å². The van der Waals surface area contributed by atoms with Gasteiger partial charge in [0.25, 0.3) is 11.8 Å². The average Bonchev–Trinajstić information content (AvgIpc) is 2.91. The summed E-state index contributed by atoms with van der Waals surface area (Å²) >= 11 is 0. The van der Waals surface area contributed by atoms with Gasteiger partial charge in [-0.05, 0) is 18.6 Å². The van der Waals surface area contributed by atoms with E-state index in [1.807, 2.05) is 6.92 Å². The first-order valence-corrected chi connectivity index (χ1v) is 8.78. The van der Waals surface area contributed by atoms with Gasteiger partial charge in [0.2, 0.25) is 5.91 Å². The lowest BCUT2D eigenvalue weighted by molar-refractivity contribution is -0.132. The quantitative estimate of drug-likeness (QED) is 0.796. The number of fused-ring (bicyclic) bond motifs is 1. The Morgan fingerprint density at radius 2 is 1.50 bits per heavy atom. The van der Waals surface area contributed by atoms with Crippen LogP contribution in [0.15, 0.2) is 24.3 Å². The normalized spacial score (nSPS) is 16.7. The maximum absolute atomic E-state index is 12.5. The van der Waals surface area contributed by atoms with Crippen molar-refractivity contribution in [2.75, 3.05) is 39.3 Å². The summed E-state index contributed by atoms with van der Waals surface area (Å²) in [6.07, 6.45) is 0.866. The number of hydrogen-bond donors (Lipinski definition) is 1. The molecule has 1 aromatic carbocycles. The third kappa shape index (κ3) is 3.40. The van der Waals surface area contributed by atoms with Gasteiger partial charge in [0.05, 0.1) is 11.1 Å². The lowest BCUT2D eigenvalue weighted by atomic mass is 10.1. The minimum absolute atomic E-state index is 0.126. The molecule has 0 aromatic heterocycles. The van der Waals surface area contributed by atoms with Crippen molar-refractivity contribution in [3.05, 3.63) is 35.4 Å². The van der Waals surface area contributed by atoms with Crippen molar-refractivity contribution in [1.29, 1.82) is 0 Å². The summed E-state index contributed by atoms with van der Waals surface area (Å²) in [4.78, 5) is 53.4. The summed E-state index contributed by atoms with van der Waals surface area (Å²) in [5.74, 6) is -1.15. The Kier molecular flexibility index (Phi) is 5.20. The van der Waals surface area contributed by atoms with Crippen LogP contribution in [-0.2, 0) is 4.79 Å². The molecule has 0 spiro atoms. The van der Waals surface area contributed by atoms with E-state index >= 15 is 0 Å². The molecule has 1 fully saturated rings. The number of imide groups is 1. The van der Waals surface area contributed by atoms with Gasteiger partial charge in [0.1, 0.15) is 6.54 Å². The molecule has 1 N–H and O–H groups in total. The van der Waals surface area contributed by atoms with Crippen LogP contribution in [0.4, 0.5) is 4.79 Å². The summed E-state index contributed by atoms with van der Waals surface area (Å²) in [6, 6.07) is 6.44. The van der Waals surface area contributed by atoms with Gasteiger partial charge < -0.3 is 15.1 Å². The zero-order chi connectivity index (χ0) is 18.7. The lowest BCUT2D eigenvalue weighted by Crippen LogP contribution is -2.55. The standard InChI is InChI=1S/C18H22N4O4/c1-2-7-19-18(26)21-10-8-20(9-11-21)15(23)12-22-16(24)13-5-3-4-6-14(13)17(22)25/h3-6H,2,7-12H2,1H3,(H,19,26). The Balaban J connectivity index is 1.55. The fourth-order valence-electron chi connectivity index (χ4n) is 3.12. The Hall–Kier alpha value is -2.90. The summed E-state index contributed by atoms with van der Waals surface area (Å²) in [7, 11) is 0. The zero-order valence-electron chi connectivity index (χ0n) is 14.7. The molecular weight excluding hydrogens is 336 g/mol. The summed E-state index contributed by atoms with van der Waals surface area (Å²) < 4.78 is 0. The summed E-state index contributed by atoms with van der Waals surface area (Å²) in [6.45, 7) is 3.98. The fraction of sp³-hybridized carbons (Fsp3) is 0.444. The van der Waals surface area contributed by atoms with Crippen molar-refractivity contribution < 1.29 is 19.2 Å². The molecule has 8 heteroatoms. The molecule has 0 atom stereocenters. The molecule has 0 saturated carbocycles. The predicted molar refractivity (Wildman–Crippen MR) is 93.7 cm³/mol. The van der Waals surface area contributed by atoms with Gasteiger partial charge in [-0.25, -0.2) is 4.79 Å². The third-order valence-corrected chi connectivity index (χ3v) is 4.62. The second kappa shape index (κ2) is 7.55. The van der Waals surface area contributed by atoms with Crippen LogP contribution >= 0.6 is 0 Å². The summed E-state index contributed by atoms with van der Waals surface area (Å²) in [5.41, 5.74) is 0.672. The number of urea groups is 1. The first-order chi connectivity index (χ1) is 12.5. The van der Waals surface area contributed by atoms with Gasteiger partial charge in [-0.2, -0.15) is 0 Å². The number of rotatable bonds is 4. The van der Waals surface area contributed by atoms with Gasteiger partial charge in [-0.1, -0.05) is 19.1 Å². The first kappa shape index (κ1) is 17.9. The number of benzene rings is 1. The van der Waals surface area contributed by atoms with Crippen molar-refractivity contribution in [2.24, 2.45) is 0 Å². The molecule has 2 aliphatic heterocycles. The van der Waals surface area contributed by atoms with Gasteiger partial charge in [-0.15, -0.1) is 0 Å². The Bertz CT molecular complexity index is 705. The van der Waals surface area contributed by atoms with Crippen LogP contribution < -0.4 is 5.32 Å². The van der Waals surface area contributed by atoms with E-state index in [1.54, 1.807) is 34.1 Å². The van der Waals surface area contributed by atoms with E-state index in [1.165, 1.54) is 0 Å². The van der Waals surface area contributed by atoms with E-state index in [2.05, 4.69) is 5.32 Å². The molecule has 2 aliphatic rings. The molecule has 0 bridgehead atoms. The number of carbonyl (C=O) groups is 4. The lowest BCUT2D eigenvalue weighted by Gasteiger charge is -2.35. The van der Waals surface area contributed by atoms with Crippen LogP contribution in [-0.4, -0.2) is 77.7 Å². The van der Waals surface area contributed by atoms with E-state index in [-0.39, 0.29) is 18.5 Å². The molecule has 1 saturated heterocycles. The Morgan fingerprint density at radius 1 is 0.962 bits per heavy atom. The topological polar surface area (TPSA) is 90.0 Å². The Morgan fingerprint density at radius 3 is 2.04 bits per heavy atom. The van der Waals surface area contributed by atoms with Gasteiger partial charge in [0, 0.05) is 32.7 Å². The van der Waals surface area contributed by atoms with Crippen molar-refractivity contribution >= 4 is 23.8 Å². The highest BCUT2D eigenvalue weighted by Gasteiger charge is 2.37. The van der Waals surface area contributed by atoms with Crippen LogP contribution in [0.2, 0.25) is 0 Å². The molecule has 0 aliphatic carbocycles. The van der Waals surface area contributed by atoms with E-state index in [4.69, 9.17) is 0 Å². The smallest absolute Gasteiger partial charge is 0.317 e. The number of nitrogens with zero attached hydrogens (tertiary/aromatic N) is 3. The molecule has 3 rings (SSSR count). The van der Waals surface area contributed by atoms with Crippen molar-refractivity contribution in [1.82, 2.24) is 20.0 Å². The second-order valence-corrected chi connectivity index (χ2v) is 6.34. The zero-order valence-corrected chi connectivity index (χ0v) is 14.7. The molecule has 0 unspecified atom stereocenters. The highest BCUT2D eigenvalue weighted by atomic mass is 16.2. The Labute approximate surface area is 151 Å². The molecule has 0 radical (unpaired) electrons.